The summed E-state index contributed by atoms with van der Waals surface area (Å²) >= 11 is 0. The average Bonchev–Trinajstić information content (AvgIpc) is 2.98. The Morgan fingerprint density at radius 3 is 2.57 bits per heavy atom. The highest BCUT2D eigenvalue weighted by Gasteiger charge is 2.49. The molecule has 0 N–H and O–H groups in total. The number of benzene rings is 1. The number of hydrogen-bond donors (Lipinski definition) is 0. The second-order valence-electron chi connectivity index (χ2n) is 8.57. The van der Waals surface area contributed by atoms with Crippen LogP contribution in [0.15, 0.2) is 29.8 Å². The highest BCUT2D eigenvalue weighted by molar-refractivity contribution is 7.91. The number of hydrogen-bond acceptors (Lipinski definition) is 4. The first kappa shape index (κ1) is 19.6. The third kappa shape index (κ3) is 3.90. The fourth-order valence-corrected chi connectivity index (χ4v) is 6.81. The molecule has 0 radical (unpaired) electrons. The van der Waals surface area contributed by atoms with Crippen LogP contribution in [-0.4, -0.2) is 55.9 Å². The third-order valence-electron chi connectivity index (χ3n) is 6.58. The van der Waals surface area contributed by atoms with E-state index in [1.807, 2.05) is 32.0 Å². The molecule has 1 aromatic rings. The van der Waals surface area contributed by atoms with Crippen LogP contribution in [0.5, 0.6) is 0 Å². The van der Waals surface area contributed by atoms with E-state index in [1.54, 1.807) is 4.90 Å². The zero-order chi connectivity index (χ0) is 19.9. The number of sulfone groups is 1. The molecular formula is C22H30N2O3S. The third-order valence-corrected chi connectivity index (χ3v) is 8.27. The summed E-state index contributed by atoms with van der Waals surface area (Å²) in [6, 6.07) is 5.59. The van der Waals surface area contributed by atoms with Crippen molar-refractivity contribution < 1.29 is 13.2 Å². The topological polar surface area (TPSA) is 57.7 Å². The van der Waals surface area contributed by atoms with Crippen molar-refractivity contribution in [1.29, 1.82) is 0 Å². The second kappa shape index (κ2) is 7.64. The predicted octanol–water partition coefficient (Wildman–Crippen LogP) is 3.01. The lowest BCUT2D eigenvalue weighted by Crippen LogP contribution is -2.62. The monoisotopic (exact) mass is 402 g/mol. The molecule has 2 aliphatic heterocycles. The Morgan fingerprint density at radius 2 is 1.86 bits per heavy atom. The van der Waals surface area contributed by atoms with Crippen LogP contribution in [0.25, 0.3) is 0 Å². The van der Waals surface area contributed by atoms with Gasteiger partial charge in [-0.05, 0) is 69.2 Å². The van der Waals surface area contributed by atoms with E-state index in [4.69, 9.17) is 0 Å². The van der Waals surface area contributed by atoms with Gasteiger partial charge in [-0.2, -0.15) is 0 Å². The molecule has 0 unspecified atom stereocenters. The molecule has 0 bridgehead atoms. The molecule has 2 saturated heterocycles. The van der Waals surface area contributed by atoms with Crippen molar-refractivity contribution in [3.05, 3.63) is 41.0 Å². The minimum absolute atomic E-state index is 0.0132. The minimum Gasteiger partial charge on any atom is -0.306 e. The second-order valence-corrected chi connectivity index (χ2v) is 10.7. The number of fused-ring (bicyclic) bond motifs is 1. The van der Waals surface area contributed by atoms with E-state index >= 15 is 0 Å². The molecule has 152 valence electrons. The summed E-state index contributed by atoms with van der Waals surface area (Å²) < 4.78 is 25.0. The van der Waals surface area contributed by atoms with Crippen molar-refractivity contribution in [1.82, 2.24) is 4.90 Å². The first-order valence-electron chi connectivity index (χ1n) is 10.4. The Labute approximate surface area is 168 Å². The van der Waals surface area contributed by atoms with Gasteiger partial charge in [-0.15, -0.1) is 0 Å². The summed E-state index contributed by atoms with van der Waals surface area (Å²) in [5.41, 5.74) is 4.59. The van der Waals surface area contributed by atoms with Crippen LogP contribution in [0.3, 0.4) is 0 Å². The van der Waals surface area contributed by atoms with Crippen LogP contribution in [0.2, 0.25) is 0 Å². The number of carbonyl (C=O) groups is 1. The maximum atomic E-state index is 13.1. The zero-order valence-electron chi connectivity index (χ0n) is 16.9. The number of anilines is 1. The lowest BCUT2D eigenvalue weighted by Gasteiger charge is -2.43. The van der Waals surface area contributed by atoms with Crippen LogP contribution in [0.4, 0.5) is 5.69 Å². The number of amides is 1. The van der Waals surface area contributed by atoms with Gasteiger partial charge in [-0.3, -0.25) is 9.69 Å². The van der Waals surface area contributed by atoms with Gasteiger partial charge in [0.1, 0.15) is 0 Å². The fraction of sp³-hybridized carbons (Fsp3) is 0.591. The van der Waals surface area contributed by atoms with Crippen molar-refractivity contribution >= 4 is 21.4 Å². The normalized spacial score (nSPS) is 27.6. The molecule has 2 atom stereocenters. The lowest BCUT2D eigenvalue weighted by atomic mass is 9.96. The van der Waals surface area contributed by atoms with E-state index in [1.165, 1.54) is 24.0 Å². The van der Waals surface area contributed by atoms with Gasteiger partial charge in [-0.25, -0.2) is 8.42 Å². The summed E-state index contributed by atoms with van der Waals surface area (Å²) in [5.74, 6) is 0.236. The molecule has 1 aromatic carbocycles. The van der Waals surface area contributed by atoms with E-state index < -0.39 is 9.84 Å². The molecule has 0 spiro atoms. The van der Waals surface area contributed by atoms with Gasteiger partial charge in [0.05, 0.1) is 24.1 Å². The van der Waals surface area contributed by atoms with Gasteiger partial charge in [0.2, 0.25) is 5.91 Å². The van der Waals surface area contributed by atoms with E-state index in [0.29, 0.717) is 6.54 Å². The summed E-state index contributed by atoms with van der Waals surface area (Å²) in [6.07, 6.45) is 8.07. The molecule has 1 amide bonds. The highest BCUT2D eigenvalue weighted by atomic mass is 32.2. The van der Waals surface area contributed by atoms with Crippen molar-refractivity contribution in [2.24, 2.45) is 0 Å². The van der Waals surface area contributed by atoms with Gasteiger partial charge < -0.3 is 4.90 Å². The highest BCUT2D eigenvalue weighted by Crippen LogP contribution is 2.33. The number of rotatable bonds is 4. The number of carbonyl (C=O) groups excluding carboxylic acids is 1. The maximum absolute atomic E-state index is 13.1. The molecule has 5 nitrogen and oxygen atoms in total. The van der Waals surface area contributed by atoms with Gasteiger partial charge in [0.15, 0.2) is 9.84 Å². The summed E-state index contributed by atoms with van der Waals surface area (Å²) in [7, 11) is -3.14. The number of aryl methyl sites for hydroxylation is 2. The molecule has 28 heavy (non-hydrogen) atoms. The Balaban J connectivity index is 1.58. The van der Waals surface area contributed by atoms with Crippen LogP contribution in [-0.2, 0) is 14.6 Å². The van der Waals surface area contributed by atoms with E-state index in [-0.39, 0.29) is 29.5 Å². The van der Waals surface area contributed by atoms with Crippen molar-refractivity contribution in [2.75, 3.05) is 29.5 Å². The average molecular weight is 403 g/mol. The molecule has 4 rings (SSSR count). The SMILES string of the molecule is Cc1ccc(N2C(=O)CN(CCC3=CCCCC3)[C@H]3CS(=O)(=O)C[C@H]32)cc1C. The molecule has 1 aliphatic carbocycles. The van der Waals surface area contributed by atoms with Crippen molar-refractivity contribution in [3.63, 3.8) is 0 Å². The van der Waals surface area contributed by atoms with E-state index in [9.17, 15) is 13.2 Å². The summed E-state index contributed by atoms with van der Waals surface area (Å²) in [4.78, 5) is 17.0. The fourth-order valence-electron chi connectivity index (χ4n) is 4.83. The van der Waals surface area contributed by atoms with Gasteiger partial charge in [-0.1, -0.05) is 17.7 Å². The summed E-state index contributed by atoms with van der Waals surface area (Å²) in [5, 5.41) is 0. The molecule has 6 heteroatoms. The van der Waals surface area contributed by atoms with Crippen LogP contribution in [0.1, 0.15) is 43.2 Å². The van der Waals surface area contributed by atoms with Crippen LogP contribution >= 0.6 is 0 Å². The van der Waals surface area contributed by atoms with E-state index in [2.05, 4.69) is 11.0 Å². The Kier molecular flexibility index (Phi) is 5.36. The number of nitrogens with zero attached hydrogens (tertiary/aromatic N) is 2. The molecular weight excluding hydrogens is 372 g/mol. The number of allylic oxidation sites excluding steroid dienone is 1. The zero-order valence-corrected chi connectivity index (χ0v) is 17.7. The van der Waals surface area contributed by atoms with Crippen molar-refractivity contribution in [2.45, 2.75) is 58.0 Å². The van der Waals surface area contributed by atoms with E-state index in [0.717, 1.165) is 37.1 Å². The van der Waals surface area contributed by atoms with Crippen molar-refractivity contribution in [3.8, 4) is 0 Å². The predicted molar refractivity (Wildman–Crippen MR) is 112 cm³/mol. The first-order valence-corrected chi connectivity index (χ1v) is 12.2. The van der Waals surface area contributed by atoms with Gasteiger partial charge in [0.25, 0.3) is 0 Å². The number of piperazine rings is 1. The maximum Gasteiger partial charge on any atom is 0.241 e. The Bertz CT molecular complexity index is 906. The first-order chi connectivity index (χ1) is 13.3. The minimum atomic E-state index is -3.14. The standard InChI is InChI=1S/C22H30N2O3S/c1-16-8-9-19(12-17(16)2)24-21-15-28(26,27)14-20(21)23(13-22(24)25)11-10-18-6-4-3-5-7-18/h6,8-9,12,20-21H,3-5,7,10-11,13-15H2,1-2H3/t20-,21+/m0/s1. The largest absolute Gasteiger partial charge is 0.306 e. The Morgan fingerprint density at radius 1 is 1.07 bits per heavy atom. The molecule has 0 aromatic heterocycles. The Hall–Kier alpha value is -1.66. The van der Waals surface area contributed by atoms with Crippen LogP contribution in [0, 0.1) is 13.8 Å². The smallest absolute Gasteiger partial charge is 0.241 e. The quantitative estimate of drug-likeness (QED) is 0.727. The molecule has 0 saturated carbocycles. The van der Waals surface area contributed by atoms with Gasteiger partial charge >= 0.3 is 0 Å². The van der Waals surface area contributed by atoms with Gasteiger partial charge in [0, 0.05) is 18.3 Å². The molecule has 2 fully saturated rings. The summed E-state index contributed by atoms with van der Waals surface area (Å²) in [6.45, 7) is 5.15. The van der Waals surface area contributed by atoms with Crippen LogP contribution < -0.4 is 4.90 Å². The molecule has 3 aliphatic rings. The lowest BCUT2D eigenvalue weighted by molar-refractivity contribution is -0.123. The molecule has 2 heterocycles.